The number of allylic oxidation sites excluding steroid dienone is 1. The van der Waals surface area contributed by atoms with Gasteiger partial charge in [-0.1, -0.05) is 43.0 Å². The fraction of sp³-hybridized carbons (Fsp3) is 0.208. The second-order valence-electron chi connectivity index (χ2n) is 7.19. The molecule has 1 amide bonds. The minimum absolute atomic E-state index is 0.0582. The van der Waals surface area contributed by atoms with Gasteiger partial charge in [0, 0.05) is 42.6 Å². The average Bonchev–Trinajstić information content (AvgIpc) is 3.46. The molecule has 168 valence electrons. The van der Waals surface area contributed by atoms with E-state index in [4.69, 9.17) is 4.98 Å². The molecule has 3 heterocycles. The summed E-state index contributed by atoms with van der Waals surface area (Å²) in [6.07, 6.45) is 6.15. The minimum Gasteiger partial charge on any atom is -0.298 e. The number of aryl methyl sites for hydroxylation is 1. The van der Waals surface area contributed by atoms with Crippen molar-refractivity contribution in [1.82, 2.24) is 24.7 Å². The van der Waals surface area contributed by atoms with Gasteiger partial charge in [0.05, 0.1) is 11.4 Å². The van der Waals surface area contributed by atoms with Gasteiger partial charge >= 0.3 is 0 Å². The van der Waals surface area contributed by atoms with Crippen LogP contribution in [0.1, 0.15) is 25.1 Å². The average molecular weight is 477 g/mol. The zero-order valence-electron chi connectivity index (χ0n) is 18.5. The van der Waals surface area contributed by atoms with E-state index in [-0.39, 0.29) is 5.91 Å². The molecular formula is C24H24N6OS2. The number of carbonyl (C=O) groups excluding carboxylic acids is 1. The number of amides is 1. The lowest BCUT2D eigenvalue weighted by Gasteiger charge is -2.20. The molecule has 0 aliphatic rings. The highest BCUT2D eigenvalue weighted by atomic mass is 32.2. The number of para-hydroxylation sites is 1. The molecule has 0 N–H and O–H groups in total. The lowest BCUT2D eigenvalue weighted by atomic mass is 10.1. The molecule has 0 radical (unpaired) electrons. The Balaban J connectivity index is 1.55. The van der Waals surface area contributed by atoms with Crippen LogP contribution in [0.5, 0.6) is 0 Å². The Labute approximate surface area is 201 Å². The number of thiazole rings is 1. The summed E-state index contributed by atoms with van der Waals surface area (Å²) in [6.45, 7) is 8.12. The number of thioether (sulfide) groups is 1. The molecule has 1 aromatic carbocycles. The number of nitrogens with zero attached hydrogens (tertiary/aromatic N) is 6. The van der Waals surface area contributed by atoms with Gasteiger partial charge in [-0.3, -0.25) is 19.2 Å². The van der Waals surface area contributed by atoms with Crippen molar-refractivity contribution in [2.24, 2.45) is 0 Å². The van der Waals surface area contributed by atoms with Crippen LogP contribution in [0.3, 0.4) is 0 Å². The summed E-state index contributed by atoms with van der Waals surface area (Å²) in [5.41, 5.74) is 3.83. The summed E-state index contributed by atoms with van der Waals surface area (Å²) in [7, 11) is 0. The molecule has 0 atom stereocenters. The summed E-state index contributed by atoms with van der Waals surface area (Å²) >= 11 is 3.03. The van der Waals surface area contributed by atoms with E-state index in [1.54, 1.807) is 36.0 Å². The number of rotatable bonds is 9. The van der Waals surface area contributed by atoms with Crippen molar-refractivity contribution in [3.8, 4) is 11.4 Å². The first-order valence-corrected chi connectivity index (χ1v) is 12.4. The van der Waals surface area contributed by atoms with E-state index in [0.29, 0.717) is 17.4 Å². The monoisotopic (exact) mass is 476 g/mol. The van der Waals surface area contributed by atoms with E-state index >= 15 is 0 Å². The molecule has 0 spiro atoms. The highest BCUT2D eigenvalue weighted by Gasteiger charge is 2.21. The van der Waals surface area contributed by atoms with Crippen molar-refractivity contribution in [1.29, 1.82) is 0 Å². The molecule has 0 saturated heterocycles. The van der Waals surface area contributed by atoms with Crippen LogP contribution in [-0.2, 0) is 23.5 Å². The summed E-state index contributed by atoms with van der Waals surface area (Å²) < 4.78 is 2.03. The maximum Gasteiger partial charge on any atom is 0.230 e. The largest absolute Gasteiger partial charge is 0.298 e. The van der Waals surface area contributed by atoms with Gasteiger partial charge in [-0.15, -0.1) is 28.1 Å². The highest BCUT2D eigenvalue weighted by Crippen LogP contribution is 2.33. The van der Waals surface area contributed by atoms with Crippen LogP contribution in [0.25, 0.3) is 11.4 Å². The topological polar surface area (TPSA) is 76.8 Å². The zero-order valence-corrected chi connectivity index (χ0v) is 20.1. The second kappa shape index (κ2) is 10.5. The molecule has 33 heavy (non-hydrogen) atoms. The van der Waals surface area contributed by atoms with Crippen LogP contribution < -0.4 is 4.90 Å². The quantitative estimate of drug-likeness (QED) is 0.234. The third kappa shape index (κ3) is 5.04. The van der Waals surface area contributed by atoms with Gasteiger partial charge in [0.15, 0.2) is 16.1 Å². The van der Waals surface area contributed by atoms with Gasteiger partial charge in [-0.2, -0.15) is 0 Å². The molecule has 4 aromatic rings. The Morgan fingerprint density at radius 3 is 2.73 bits per heavy atom. The van der Waals surface area contributed by atoms with Crippen LogP contribution in [0.15, 0.2) is 72.0 Å². The predicted octanol–water partition coefficient (Wildman–Crippen LogP) is 5.52. The molecule has 0 bridgehead atoms. The smallest absolute Gasteiger partial charge is 0.230 e. The van der Waals surface area contributed by atoms with Gasteiger partial charge in [0.1, 0.15) is 0 Å². The predicted molar refractivity (Wildman–Crippen MR) is 134 cm³/mol. The van der Waals surface area contributed by atoms with Crippen LogP contribution in [0.2, 0.25) is 0 Å². The van der Waals surface area contributed by atoms with Crippen molar-refractivity contribution in [3.63, 3.8) is 0 Å². The Morgan fingerprint density at radius 1 is 1.21 bits per heavy atom. The zero-order chi connectivity index (χ0) is 23.2. The maximum absolute atomic E-state index is 12.5. The molecule has 0 aliphatic carbocycles. The SMILES string of the molecule is C=CCn1c(SCc2csc(N(C(C)=O)c3ccccc3CC)n2)nnc1-c1ccncc1. The number of benzene rings is 1. The number of hydrogen-bond acceptors (Lipinski definition) is 7. The number of pyridine rings is 1. The molecule has 3 aromatic heterocycles. The molecule has 0 saturated carbocycles. The molecule has 9 heteroatoms. The summed E-state index contributed by atoms with van der Waals surface area (Å²) in [5, 5.41) is 12.2. The van der Waals surface area contributed by atoms with Crippen molar-refractivity contribution in [3.05, 3.63) is 78.1 Å². The third-order valence-electron chi connectivity index (χ3n) is 4.98. The van der Waals surface area contributed by atoms with Crippen molar-refractivity contribution < 1.29 is 4.79 Å². The fourth-order valence-corrected chi connectivity index (χ4v) is 5.27. The first-order chi connectivity index (χ1) is 16.1. The van der Waals surface area contributed by atoms with Crippen LogP contribution in [0, 0.1) is 0 Å². The first kappa shape index (κ1) is 22.9. The highest BCUT2D eigenvalue weighted by molar-refractivity contribution is 7.98. The summed E-state index contributed by atoms with van der Waals surface area (Å²) in [4.78, 5) is 23.0. The van der Waals surface area contributed by atoms with Gasteiger partial charge in [0.2, 0.25) is 5.91 Å². The minimum atomic E-state index is -0.0582. The molecule has 4 rings (SSSR count). The standard InChI is InChI=1S/C24H24N6OS2/c1-4-14-29-22(19-10-12-25-13-11-19)27-28-24(29)33-16-20-15-32-23(26-20)30(17(3)31)21-9-7-6-8-18(21)5-2/h4,6-13,15H,1,5,14,16H2,2-3H3. The molecule has 0 fully saturated rings. The van der Waals surface area contributed by atoms with Crippen LogP contribution in [-0.4, -0.2) is 30.6 Å². The van der Waals surface area contributed by atoms with E-state index in [2.05, 4.69) is 28.7 Å². The summed E-state index contributed by atoms with van der Waals surface area (Å²) in [6, 6.07) is 11.8. The third-order valence-corrected chi connectivity index (χ3v) is 6.85. The van der Waals surface area contributed by atoms with E-state index in [0.717, 1.165) is 39.9 Å². The van der Waals surface area contributed by atoms with Gasteiger partial charge in [0.25, 0.3) is 0 Å². The van der Waals surface area contributed by atoms with Gasteiger partial charge in [-0.05, 0) is 30.2 Å². The molecular weight excluding hydrogens is 452 g/mol. The van der Waals surface area contributed by atoms with E-state index in [1.807, 2.05) is 52.4 Å². The Kier molecular flexibility index (Phi) is 7.31. The normalized spacial score (nSPS) is 10.8. The summed E-state index contributed by atoms with van der Waals surface area (Å²) in [5.74, 6) is 1.33. The van der Waals surface area contributed by atoms with Gasteiger partial charge < -0.3 is 0 Å². The first-order valence-electron chi connectivity index (χ1n) is 10.5. The second-order valence-corrected chi connectivity index (χ2v) is 8.97. The lowest BCUT2D eigenvalue weighted by Crippen LogP contribution is -2.23. The maximum atomic E-state index is 12.5. The van der Waals surface area contributed by atoms with Crippen molar-refractivity contribution in [2.45, 2.75) is 37.7 Å². The Morgan fingerprint density at radius 2 is 2.00 bits per heavy atom. The molecule has 0 aliphatic heterocycles. The van der Waals surface area contributed by atoms with Crippen LogP contribution in [0.4, 0.5) is 10.8 Å². The lowest BCUT2D eigenvalue weighted by molar-refractivity contribution is -0.115. The van der Waals surface area contributed by atoms with Crippen molar-refractivity contribution in [2.75, 3.05) is 4.90 Å². The van der Waals surface area contributed by atoms with Crippen molar-refractivity contribution >= 4 is 39.8 Å². The number of carbonyl (C=O) groups is 1. The number of hydrogen-bond donors (Lipinski definition) is 0. The number of anilines is 2. The number of aromatic nitrogens is 5. The van der Waals surface area contributed by atoms with E-state index < -0.39 is 0 Å². The van der Waals surface area contributed by atoms with E-state index in [1.165, 1.54) is 11.3 Å². The Bertz CT molecular complexity index is 1250. The van der Waals surface area contributed by atoms with E-state index in [9.17, 15) is 4.79 Å². The molecule has 7 nitrogen and oxygen atoms in total. The fourth-order valence-electron chi connectivity index (χ4n) is 3.44. The molecule has 0 unspecified atom stereocenters. The Hall–Kier alpha value is -3.30. The van der Waals surface area contributed by atoms with Gasteiger partial charge in [-0.25, -0.2) is 4.98 Å². The van der Waals surface area contributed by atoms with Crippen LogP contribution >= 0.6 is 23.1 Å².